The Hall–Kier alpha value is -2.40. The van der Waals surface area contributed by atoms with Crippen molar-refractivity contribution in [2.24, 2.45) is 0 Å². The fraction of sp³-hybridized carbons (Fsp3) is 0.316. The number of fused-ring (bicyclic) bond motifs is 1. The lowest BCUT2D eigenvalue weighted by atomic mass is 10.1. The molecule has 0 saturated heterocycles. The smallest absolute Gasteiger partial charge is 0.261 e. The molecule has 0 spiro atoms. The molecule has 1 atom stereocenters. The van der Waals surface area contributed by atoms with E-state index >= 15 is 0 Å². The quantitative estimate of drug-likeness (QED) is 0.880. The topological polar surface area (TPSA) is 56.8 Å². The van der Waals surface area contributed by atoms with E-state index in [1.54, 1.807) is 6.92 Å². The van der Waals surface area contributed by atoms with Crippen LogP contribution in [0.1, 0.15) is 23.6 Å². The molecule has 1 amide bonds. The number of benzene rings is 2. The molecule has 0 saturated carbocycles. The number of hydrogen-bond acceptors (Lipinski definition) is 4. The van der Waals surface area contributed by atoms with Gasteiger partial charge >= 0.3 is 0 Å². The van der Waals surface area contributed by atoms with Crippen molar-refractivity contribution in [2.45, 2.75) is 33.4 Å². The summed E-state index contributed by atoms with van der Waals surface area (Å²) in [6, 6.07) is 9.25. The molecule has 0 radical (unpaired) electrons. The number of aryl methyl sites for hydroxylation is 2. The highest BCUT2D eigenvalue weighted by molar-refractivity contribution is 6.32. The first-order valence-corrected chi connectivity index (χ1v) is 8.41. The van der Waals surface area contributed by atoms with E-state index in [-0.39, 0.29) is 12.7 Å². The van der Waals surface area contributed by atoms with E-state index in [0.29, 0.717) is 23.1 Å². The van der Waals surface area contributed by atoms with Crippen LogP contribution in [0.2, 0.25) is 5.02 Å². The highest BCUT2D eigenvalue weighted by atomic mass is 35.5. The molecule has 0 unspecified atom stereocenters. The predicted molar refractivity (Wildman–Crippen MR) is 95.4 cm³/mol. The second-order valence-electron chi connectivity index (χ2n) is 6.04. The van der Waals surface area contributed by atoms with Crippen LogP contribution in [0.4, 0.5) is 0 Å². The zero-order chi connectivity index (χ0) is 18.0. The monoisotopic (exact) mass is 361 g/mol. The Morgan fingerprint density at radius 1 is 1.20 bits per heavy atom. The fourth-order valence-corrected chi connectivity index (χ4v) is 2.72. The Kier molecular flexibility index (Phi) is 5.04. The molecule has 6 heteroatoms. The zero-order valence-electron chi connectivity index (χ0n) is 14.4. The summed E-state index contributed by atoms with van der Waals surface area (Å²) in [5, 5.41) is 3.58. The highest BCUT2D eigenvalue weighted by Gasteiger charge is 2.17. The van der Waals surface area contributed by atoms with Crippen molar-refractivity contribution in [3.63, 3.8) is 0 Å². The Balaban J connectivity index is 1.57. The summed E-state index contributed by atoms with van der Waals surface area (Å²) in [4.78, 5) is 12.3. The maximum atomic E-state index is 12.3. The standard InChI is InChI=1S/C19H20ClNO4/c1-11-6-15(7-12(2)18(11)20)25-13(3)19(22)21-9-14-4-5-16-17(8-14)24-10-23-16/h4-8,13H,9-10H2,1-3H3,(H,21,22)/t13-/m1/s1. The largest absolute Gasteiger partial charge is 0.481 e. The van der Waals surface area contributed by atoms with Gasteiger partial charge in [0.25, 0.3) is 5.91 Å². The molecule has 2 aromatic rings. The van der Waals surface area contributed by atoms with Gasteiger partial charge in [-0.2, -0.15) is 0 Å². The Morgan fingerprint density at radius 2 is 1.88 bits per heavy atom. The fourth-order valence-electron chi connectivity index (χ4n) is 2.62. The van der Waals surface area contributed by atoms with Gasteiger partial charge in [-0.25, -0.2) is 0 Å². The molecule has 1 heterocycles. The Bertz CT molecular complexity index is 783. The third-order valence-corrected chi connectivity index (χ3v) is 4.59. The zero-order valence-corrected chi connectivity index (χ0v) is 15.1. The number of hydrogen-bond donors (Lipinski definition) is 1. The maximum Gasteiger partial charge on any atom is 0.261 e. The molecule has 1 aliphatic heterocycles. The number of rotatable bonds is 5. The van der Waals surface area contributed by atoms with Crippen molar-refractivity contribution in [3.05, 3.63) is 52.0 Å². The lowest BCUT2D eigenvalue weighted by Gasteiger charge is -2.16. The van der Waals surface area contributed by atoms with Crippen molar-refractivity contribution in [3.8, 4) is 17.2 Å². The summed E-state index contributed by atoms with van der Waals surface area (Å²) in [6.07, 6.45) is -0.617. The maximum absolute atomic E-state index is 12.3. The Labute approximate surface area is 151 Å². The van der Waals surface area contributed by atoms with Crippen molar-refractivity contribution in [2.75, 3.05) is 6.79 Å². The third-order valence-electron chi connectivity index (χ3n) is 4.00. The Morgan fingerprint density at radius 3 is 2.60 bits per heavy atom. The first kappa shape index (κ1) is 17.4. The van der Waals surface area contributed by atoms with Gasteiger partial charge in [0.15, 0.2) is 17.6 Å². The number of carbonyl (C=O) groups is 1. The molecule has 3 rings (SSSR count). The van der Waals surface area contributed by atoms with Gasteiger partial charge in [0.05, 0.1) is 0 Å². The number of nitrogens with one attached hydrogen (secondary N) is 1. The first-order valence-electron chi connectivity index (χ1n) is 8.03. The van der Waals surface area contributed by atoms with E-state index in [2.05, 4.69) is 5.32 Å². The molecule has 25 heavy (non-hydrogen) atoms. The lowest BCUT2D eigenvalue weighted by Crippen LogP contribution is -2.35. The minimum absolute atomic E-state index is 0.192. The average molecular weight is 362 g/mol. The van der Waals surface area contributed by atoms with Gasteiger partial charge in [0.1, 0.15) is 5.75 Å². The molecular weight excluding hydrogens is 342 g/mol. The van der Waals surface area contributed by atoms with Gasteiger partial charge in [-0.05, 0) is 61.7 Å². The van der Waals surface area contributed by atoms with Crippen LogP contribution in [0.3, 0.4) is 0 Å². The average Bonchev–Trinajstić information content (AvgIpc) is 3.05. The van der Waals surface area contributed by atoms with E-state index in [4.69, 9.17) is 25.8 Å². The molecule has 0 fully saturated rings. The molecule has 5 nitrogen and oxygen atoms in total. The third kappa shape index (κ3) is 3.99. The molecule has 1 aliphatic rings. The number of halogens is 1. The minimum Gasteiger partial charge on any atom is -0.481 e. The van der Waals surface area contributed by atoms with Crippen molar-refractivity contribution in [1.82, 2.24) is 5.32 Å². The van der Waals surface area contributed by atoms with Crippen LogP contribution >= 0.6 is 11.6 Å². The van der Waals surface area contributed by atoms with Crippen molar-refractivity contribution < 1.29 is 19.0 Å². The number of amides is 1. The van der Waals surface area contributed by atoms with Gasteiger partial charge in [-0.3, -0.25) is 4.79 Å². The van der Waals surface area contributed by atoms with E-state index in [1.165, 1.54) is 0 Å². The SMILES string of the molecule is Cc1cc(O[C@H](C)C(=O)NCc2ccc3c(c2)OCO3)cc(C)c1Cl. The minimum atomic E-state index is -0.617. The van der Waals surface area contributed by atoms with Crippen LogP contribution in [0.25, 0.3) is 0 Å². The van der Waals surface area contributed by atoms with Crippen LogP contribution < -0.4 is 19.5 Å². The summed E-state index contributed by atoms with van der Waals surface area (Å²) in [5.41, 5.74) is 2.78. The van der Waals surface area contributed by atoms with E-state index in [9.17, 15) is 4.79 Å². The van der Waals surface area contributed by atoms with Crippen LogP contribution in [-0.2, 0) is 11.3 Å². The van der Waals surface area contributed by atoms with Gasteiger partial charge in [-0.1, -0.05) is 17.7 Å². The van der Waals surface area contributed by atoms with Gasteiger partial charge in [0, 0.05) is 11.6 Å². The number of ether oxygens (including phenoxy) is 3. The summed E-state index contributed by atoms with van der Waals surface area (Å²) in [6.45, 7) is 6.16. The summed E-state index contributed by atoms with van der Waals surface area (Å²) in [5.74, 6) is 1.86. The second kappa shape index (κ2) is 7.23. The molecule has 132 valence electrons. The molecule has 1 N–H and O–H groups in total. The van der Waals surface area contributed by atoms with Gasteiger partial charge in [0.2, 0.25) is 6.79 Å². The summed E-state index contributed by atoms with van der Waals surface area (Å²) < 4.78 is 16.3. The van der Waals surface area contributed by atoms with E-state index < -0.39 is 6.10 Å². The molecule has 0 aromatic heterocycles. The molecule has 0 bridgehead atoms. The van der Waals surface area contributed by atoms with Crippen LogP contribution in [-0.4, -0.2) is 18.8 Å². The van der Waals surface area contributed by atoms with Gasteiger partial charge < -0.3 is 19.5 Å². The summed E-state index contributed by atoms with van der Waals surface area (Å²) in [7, 11) is 0. The number of carbonyl (C=O) groups excluding carboxylic acids is 1. The van der Waals surface area contributed by atoms with Gasteiger partial charge in [-0.15, -0.1) is 0 Å². The molecule has 0 aliphatic carbocycles. The van der Waals surface area contributed by atoms with Crippen LogP contribution in [0, 0.1) is 13.8 Å². The second-order valence-corrected chi connectivity index (χ2v) is 6.41. The highest BCUT2D eigenvalue weighted by Crippen LogP contribution is 2.32. The molecular formula is C19H20ClNO4. The van der Waals surface area contributed by atoms with Crippen molar-refractivity contribution in [1.29, 1.82) is 0 Å². The van der Waals surface area contributed by atoms with E-state index in [1.807, 2.05) is 44.2 Å². The molecule has 2 aromatic carbocycles. The predicted octanol–water partition coefficient (Wildman–Crippen LogP) is 3.77. The van der Waals surface area contributed by atoms with Crippen molar-refractivity contribution >= 4 is 17.5 Å². The van der Waals surface area contributed by atoms with E-state index in [0.717, 1.165) is 22.4 Å². The normalized spacial score (nSPS) is 13.4. The van der Waals surface area contributed by atoms with Crippen LogP contribution in [0.5, 0.6) is 17.2 Å². The lowest BCUT2D eigenvalue weighted by molar-refractivity contribution is -0.127. The van der Waals surface area contributed by atoms with Crippen LogP contribution in [0.15, 0.2) is 30.3 Å². The first-order chi connectivity index (χ1) is 11.9. The summed E-state index contributed by atoms with van der Waals surface area (Å²) >= 11 is 6.15.